The zero-order valence-corrected chi connectivity index (χ0v) is 11.3. The van der Waals surface area contributed by atoms with E-state index in [2.05, 4.69) is 35.2 Å². The Morgan fingerprint density at radius 2 is 1.20 bits per heavy atom. The van der Waals surface area contributed by atoms with Gasteiger partial charge in [0.2, 0.25) is 0 Å². The van der Waals surface area contributed by atoms with Crippen molar-refractivity contribution in [3.05, 3.63) is 0 Å². The van der Waals surface area contributed by atoms with E-state index in [1.54, 1.807) is 0 Å². The Balaban J connectivity index is 5.67. The summed E-state index contributed by atoms with van der Waals surface area (Å²) in [6.07, 6.45) is -13.0. The molecule has 0 aromatic carbocycles. The predicted molar refractivity (Wildman–Crippen MR) is 49.2 cm³/mol. The van der Waals surface area contributed by atoms with Crippen LogP contribution in [0.5, 0.6) is 0 Å². The monoisotopic (exact) mass is 399 g/mol. The van der Waals surface area contributed by atoms with E-state index in [9.17, 15) is 43.5 Å². The second-order valence-corrected chi connectivity index (χ2v) is 6.38. The first-order valence-electron chi connectivity index (χ1n) is 3.67. The van der Waals surface area contributed by atoms with E-state index in [0.717, 1.165) is 0 Å². The van der Waals surface area contributed by atoms with Crippen LogP contribution in [0.4, 0.5) is 35.1 Å². The molecule has 0 atom stereocenters. The zero-order chi connectivity index (χ0) is 16.8. The van der Waals surface area contributed by atoms with Crippen molar-refractivity contribution in [3.63, 3.8) is 0 Å². The van der Waals surface area contributed by atoms with E-state index in [1.165, 1.54) is 0 Å². The van der Waals surface area contributed by atoms with Crippen LogP contribution in [0.15, 0.2) is 0 Å². The van der Waals surface area contributed by atoms with Gasteiger partial charge in [-0.2, -0.15) is 35.1 Å². The summed E-state index contributed by atoms with van der Waals surface area (Å²) < 4.78 is 121. The molecular weight excluding hydrogens is 400 g/mol. The van der Waals surface area contributed by atoms with Crippen LogP contribution in [-0.2, 0) is 14.8 Å². The third-order valence-electron chi connectivity index (χ3n) is 1.43. The van der Waals surface area contributed by atoms with Gasteiger partial charge in [0.25, 0.3) is 0 Å². The Morgan fingerprint density at radius 1 is 0.850 bits per heavy atom. The molecule has 0 amide bonds. The van der Waals surface area contributed by atoms with E-state index in [-0.39, 0.29) is 0 Å². The number of halogens is 11. The Morgan fingerprint density at radius 3 is 1.45 bits per heavy atom. The second-order valence-electron chi connectivity index (χ2n) is 2.83. The Bertz CT molecular complexity index is 462. The van der Waals surface area contributed by atoms with Crippen LogP contribution in [0.3, 0.4) is 0 Å². The van der Waals surface area contributed by atoms with E-state index in [4.69, 9.17) is 0 Å². The smallest absolute Gasteiger partial charge is 0.243 e. The lowest BCUT2D eigenvalue weighted by molar-refractivity contribution is -0.442. The van der Waals surface area contributed by atoms with Gasteiger partial charge < -0.3 is 0 Å². The molecule has 16 heteroatoms. The lowest BCUT2D eigenvalue weighted by atomic mass is 10.6. The molecule has 0 fully saturated rings. The molecule has 4 nitrogen and oxygen atoms in total. The van der Waals surface area contributed by atoms with Gasteiger partial charge in [0, 0.05) is 23.6 Å². The number of hydrogen-bond donors (Lipinski definition) is 0. The van der Waals surface area contributed by atoms with Gasteiger partial charge in [-0.25, -0.2) is 13.2 Å². The fraction of sp³-hybridized carbons (Fsp3) is 1.00. The van der Waals surface area contributed by atoms with Gasteiger partial charge >= 0.3 is 32.9 Å². The summed E-state index contributed by atoms with van der Waals surface area (Å²) >= 11 is 12.3. The molecular formula is C4Cl3F8NO3S. The highest BCUT2D eigenvalue weighted by Crippen LogP contribution is 2.49. The van der Waals surface area contributed by atoms with E-state index < -0.39 is 36.2 Å². The predicted octanol–water partition coefficient (Wildman–Crippen LogP) is 3.55. The van der Waals surface area contributed by atoms with E-state index >= 15 is 0 Å². The molecule has 0 N–H and O–H groups in total. The molecule has 0 unspecified atom stereocenters. The highest BCUT2D eigenvalue weighted by Gasteiger charge is 2.74. The van der Waals surface area contributed by atoms with Gasteiger partial charge in [-0.15, -0.1) is 0 Å². The topological polar surface area (TPSA) is 46.6 Å². The summed E-state index contributed by atoms with van der Waals surface area (Å²) in [5, 5.41) is -12.3. The molecule has 0 saturated carbocycles. The minimum Gasteiger partial charge on any atom is -0.243 e. The first-order chi connectivity index (χ1) is 8.40. The van der Waals surface area contributed by atoms with Gasteiger partial charge in [-0.1, -0.05) is 0 Å². The zero-order valence-electron chi connectivity index (χ0n) is 8.24. The molecule has 0 rings (SSSR count). The summed E-state index contributed by atoms with van der Waals surface area (Å²) in [5.41, 5.74) is 0. The van der Waals surface area contributed by atoms with Crippen molar-refractivity contribution < 1.29 is 48.3 Å². The first kappa shape index (κ1) is 20.2. The standard InChI is InChI=1S/C4Cl3F8NO3S/c5-1(8,9)2(10,11)19-3(12,13)4(14,15)20(17,18)16(6)7. The summed E-state index contributed by atoms with van der Waals surface area (Å²) in [6.45, 7) is 0. The maximum atomic E-state index is 12.9. The SMILES string of the molecule is O=S(=O)(N(Cl)Cl)C(F)(F)C(F)(F)OC(F)(F)C(F)(F)Cl. The molecule has 0 radical (unpaired) electrons. The Hall–Kier alpha value is 0.180. The Labute approximate surface area is 120 Å². The summed E-state index contributed by atoms with van der Waals surface area (Å²) in [7, 11) is -6.62. The minimum absolute atomic E-state index is 1.48. The lowest BCUT2D eigenvalue weighted by Gasteiger charge is -2.30. The van der Waals surface area contributed by atoms with Crippen molar-refractivity contribution in [3.8, 4) is 0 Å². The first-order valence-corrected chi connectivity index (χ1v) is 6.16. The van der Waals surface area contributed by atoms with Crippen LogP contribution >= 0.6 is 35.2 Å². The average molecular weight is 400 g/mol. The second kappa shape index (κ2) is 5.43. The summed E-state index contributed by atoms with van der Waals surface area (Å²) in [6, 6.07) is 0. The average Bonchev–Trinajstić information content (AvgIpc) is 2.12. The van der Waals surface area contributed by atoms with E-state index in [0.29, 0.717) is 0 Å². The molecule has 0 aromatic heterocycles. The van der Waals surface area contributed by atoms with Crippen molar-refractivity contribution in [2.75, 3.05) is 0 Å². The molecule has 0 bridgehead atoms. The third kappa shape index (κ3) is 3.50. The quantitative estimate of drug-likeness (QED) is 0.389. The fourth-order valence-electron chi connectivity index (χ4n) is 0.515. The van der Waals surface area contributed by atoms with Crippen molar-refractivity contribution in [2.45, 2.75) is 22.9 Å². The van der Waals surface area contributed by atoms with Crippen LogP contribution in [0.25, 0.3) is 0 Å². The minimum atomic E-state index is -6.64. The summed E-state index contributed by atoms with van der Waals surface area (Å²) in [5.74, 6) is 0. The fourth-order valence-corrected chi connectivity index (χ4v) is 1.59. The molecule has 0 aliphatic rings. The number of nitrogens with zero attached hydrogens (tertiary/aromatic N) is 1. The molecule has 0 saturated heterocycles. The van der Waals surface area contributed by atoms with Gasteiger partial charge in [-0.3, -0.25) is 0 Å². The number of ether oxygens (including phenoxy) is 1. The highest BCUT2D eigenvalue weighted by atomic mass is 35.5. The van der Waals surface area contributed by atoms with Gasteiger partial charge in [-0.05, 0) is 14.9 Å². The van der Waals surface area contributed by atoms with Crippen molar-refractivity contribution >= 4 is 45.2 Å². The molecule has 122 valence electrons. The maximum absolute atomic E-state index is 12.9. The van der Waals surface area contributed by atoms with Crippen LogP contribution in [0.2, 0.25) is 0 Å². The molecule has 0 aliphatic heterocycles. The summed E-state index contributed by atoms with van der Waals surface area (Å²) in [4.78, 5) is 0. The number of hydrogen-bond acceptors (Lipinski definition) is 3. The van der Waals surface area contributed by atoms with E-state index in [1.807, 2.05) is 4.74 Å². The van der Waals surface area contributed by atoms with Gasteiger partial charge in [0.1, 0.15) is 0 Å². The Kier molecular flexibility index (Phi) is 5.47. The van der Waals surface area contributed by atoms with Gasteiger partial charge in [0.05, 0.1) is 0 Å². The molecule has 0 aromatic rings. The van der Waals surface area contributed by atoms with Crippen LogP contribution in [-0.4, -0.2) is 34.6 Å². The highest BCUT2D eigenvalue weighted by molar-refractivity contribution is 7.92. The molecule has 0 heterocycles. The normalized spacial score (nSPS) is 15.8. The number of alkyl halides is 9. The number of sulfonamides is 1. The van der Waals surface area contributed by atoms with Crippen LogP contribution < -0.4 is 0 Å². The van der Waals surface area contributed by atoms with Crippen molar-refractivity contribution in [2.24, 2.45) is 0 Å². The number of rotatable bonds is 6. The van der Waals surface area contributed by atoms with Crippen LogP contribution in [0, 0.1) is 0 Å². The van der Waals surface area contributed by atoms with Crippen molar-refractivity contribution in [1.82, 2.24) is 3.34 Å². The molecule has 0 aliphatic carbocycles. The van der Waals surface area contributed by atoms with Crippen molar-refractivity contribution in [1.29, 1.82) is 0 Å². The van der Waals surface area contributed by atoms with Gasteiger partial charge in [0.15, 0.2) is 0 Å². The molecule has 0 spiro atoms. The van der Waals surface area contributed by atoms with Crippen LogP contribution in [0.1, 0.15) is 0 Å². The third-order valence-corrected chi connectivity index (χ3v) is 3.99. The lowest BCUT2D eigenvalue weighted by Crippen LogP contribution is -2.56. The molecule has 20 heavy (non-hydrogen) atoms. The maximum Gasteiger partial charge on any atom is 0.451 e. The largest absolute Gasteiger partial charge is 0.451 e.